The van der Waals surface area contributed by atoms with E-state index < -0.39 is 22.9 Å². The van der Waals surface area contributed by atoms with Crippen LogP contribution in [0.1, 0.15) is 76.6 Å². The largest absolute Gasteiger partial charge is 0.488 e. The lowest BCUT2D eigenvalue weighted by molar-refractivity contribution is -0.137. The van der Waals surface area contributed by atoms with Gasteiger partial charge in [-0.25, -0.2) is 8.51 Å². The van der Waals surface area contributed by atoms with Crippen molar-refractivity contribution in [1.29, 1.82) is 0 Å². The summed E-state index contributed by atoms with van der Waals surface area (Å²) >= 11 is 0. The summed E-state index contributed by atoms with van der Waals surface area (Å²) in [5.74, 6) is -0.723. The van der Waals surface area contributed by atoms with Gasteiger partial charge in [-0.3, -0.25) is 9.59 Å². The number of hydrogen-bond donors (Lipinski definition) is 1. The smallest absolute Gasteiger partial charge is 0.304 e. The maximum Gasteiger partial charge on any atom is 0.304 e. The van der Waals surface area contributed by atoms with Gasteiger partial charge in [-0.15, -0.1) is 0 Å². The highest BCUT2D eigenvalue weighted by atomic mass is 32.2. The molecule has 7 nitrogen and oxygen atoms in total. The molecule has 0 spiro atoms. The standard InChI is InChI=1S/C30H36N2O5S/c1-7-24-17-32(38(36)27-11-9-8-10-26(27)37-24)16-23-14-22(13-12-18(23)2)25(15-28(34)35)30-19(3)29(21(5)33)20(4)31(30)6/h8-14,24-25H,7,15-17H2,1-6H3,(H,34,35)/t24-,25?,38?/m1/s1. The number of aromatic nitrogens is 1. The molecule has 2 heterocycles. The van der Waals surface area contributed by atoms with Gasteiger partial charge in [-0.1, -0.05) is 37.3 Å². The highest BCUT2D eigenvalue weighted by Crippen LogP contribution is 2.36. The molecule has 1 aliphatic rings. The van der Waals surface area contributed by atoms with Crippen LogP contribution in [-0.4, -0.2) is 42.6 Å². The van der Waals surface area contributed by atoms with Crippen LogP contribution in [-0.2, 0) is 29.4 Å². The van der Waals surface area contributed by atoms with Gasteiger partial charge in [-0.2, -0.15) is 0 Å². The number of carboxylic acids is 1. The molecule has 0 radical (unpaired) electrons. The van der Waals surface area contributed by atoms with Crippen LogP contribution in [0.25, 0.3) is 0 Å². The Morgan fingerprint density at radius 1 is 1.16 bits per heavy atom. The summed E-state index contributed by atoms with van der Waals surface area (Å²) in [6.45, 7) is 10.3. The van der Waals surface area contributed by atoms with E-state index in [9.17, 15) is 18.9 Å². The average molecular weight is 537 g/mol. The first-order valence-corrected chi connectivity index (χ1v) is 14.0. The van der Waals surface area contributed by atoms with Gasteiger partial charge in [0.15, 0.2) is 5.78 Å². The lowest BCUT2D eigenvalue weighted by atomic mass is 9.87. The van der Waals surface area contributed by atoms with Crippen LogP contribution >= 0.6 is 0 Å². The summed E-state index contributed by atoms with van der Waals surface area (Å²) < 4.78 is 23.7. The van der Waals surface area contributed by atoms with Crippen molar-refractivity contribution in [3.8, 4) is 5.75 Å². The van der Waals surface area contributed by atoms with Crippen LogP contribution in [0.5, 0.6) is 5.75 Å². The maximum atomic E-state index is 13.6. The molecule has 38 heavy (non-hydrogen) atoms. The minimum Gasteiger partial charge on any atom is -0.488 e. The van der Waals surface area contributed by atoms with Gasteiger partial charge in [0.25, 0.3) is 0 Å². The van der Waals surface area contributed by atoms with Crippen molar-refractivity contribution >= 4 is 22.7 Å². The zero-order chi connectivity index (χ0) is 27.7. The number of carbonyl (C=O) groups is 2. The molecule has 1 N–H and O–H groups in total. The number of benzene rings is 2. The molecule has 0 saturated heterocycles. The number of ketones is 1. The SMILES string of the molecule is CC[C@@H]1CN(Cc2cc(C(CC(=O)O)c3c(C)c(C(C)=O)c(C)n3C)ccc2C)S(=O)c2ccccc2O1. The Kier molecular flexibility index (Phi) is 8.23. The summed E-state index contributed by atoms with van der Waals surface area (Å²) in [6, 6.07) is 13.5. The molecule has 0 bridgehead atoms. The molecule has 3 atom stereocenters. The van der Waals surface area contributed by atoms with Gasteiger partial charge in [0.05, 0.1) is 11.3 Å². The molecule has 2 aromatic carbocycles. The van der Waals surface area contributed by atoms with Crippen molar-refractivity contribution in [2.45, 2.75) is 70.9 Å². The molecule has 0 aliphatic carbocycles. The Morgan fingerprint density at radius 3 is 2.50 bits per heavy atom. The number of rotatable bonds is 8. The van der Waals surface area contributed by atoms with Crippen LogP contribution in [0.4, 0.5) is 0 Å². The molecule has 202 valence electrons. The summed E-state index contributed by atoms with van der Waals surface area (Å²) in [5.41, 5.74) is 6.00. The molecule has 8 heteroatoms. The van der Waals surface area contributed by atoms with Crippen molar-refractivity contribution in [2.24, 2.45) is 7.05 Å². The van der Waals surface area contributed by atoms with Crippen molar-refractivity contribution in [2.75, 3.05) is 6.54 Å². The van der Waals surface area contributed by atoms with E-state index in [0.29, 0.717) is 29.3 Å². The summed E-state index contributed by atoms with van der Waals surface area (Å²) in [7, 11) is 0.482. The first-order valence-electron chi connectivity index (χ1n) is 12.9. The Bertz CT molecular complexity index is 1410. The van der Waals surface area contributed by atoms with Crippen LogP contribution < -0.4 is 4.74 Å². The minimum absolute atomic E-state index is 0.0304. The zero-order valence-corrected chi connectivity index (χ0v) is 23.7. The van der Waals surface area contributed by atoms with Gasteiger partial charge in [0.1, 0.15) is 22.8 Å². The number of para-hydroxylation sites is 1. The number of nitrogens with zero attached hydrogens (tertiary/aromatic N) is 2. The fraction of sp³-hybridized carbons (Fsp3) is 0.400. The van der Waals surface area contributed by atoms with Crippen LogP contribution in [0.2, 0.25) is 0 Å². The van der Waals surface area contributed by atoms with E-state index in [1.807, 2.05) is 79.2 Å². The second-order valence-corrected chi connectivity index (χ2v) is 11.5. The minimum atomic E-state index is -1.40. The Balaban J connectivity index is 1.76. The number of ether oxygens (including phenoxy) is 1. The Labute approximate surface area is 227 Å². The van der Waals surface area contributed by atoms with Crippen LogP contribution in [0.15, 0.2) is 47.4 Å². The molecule has 4 rings (SSSR count). The molecule has 3 aromatic rings. The molecule has 0 amide bonds. The number of aliphatic carboxylic acids is 1. The van der Waals surface area contributed by atoms with Crippen LogP contribution in [0.3, 0.4) is 0 Å². The first-order chi connectivity index (χ1) is 18.0. The van der Waals surface area contributed by atoms with Gasteiger partial charge in [0, 0.05) is 43.0 Å². The second-order valence-electron chi connectivity index (χ2n) is 10.1. The number of Topliss-reactive ketones (excluding diaryl/α,β-unsaturated/α-hetero) is 1. The van der Waals surface area contributed by atoms with E-state index in [2.05, 4.69) is 6.92 Å². The Hall–Kier alpha value is -3.23. The van der Waals surface area contributed by atoms with Crippen molar-refractivity contribution in [3.05, 3.63) is 81.7 Å². The third-order valence-electron chi connectivity index (χ3n) is 7.60. The number of carbonyl (C=O) groups excluding carboxylic acids is 1. The molecular weight excluding hydrogens is 500 g/mol. The van der Waals surface area contributed by atoms with E-state index in [4.69, 9.17) is 4.74 Å². The Morgan fingerprint density at radius 2 is 1.87 bits per heavy atom. The van der Waals surface area contributed by atoms with E-state index in [-0.39, 0.29) is 18.3 Å². The van der Waals surface area contributed by atoms with Crippen LogP contribution in [0, 0.1) is 20.8 Å². The third kappa shape index (κ3) is 5.33. The van der Waals surface area contributed by atoms with E-state index in [1.54, 1.807) is 6.92 Å². The van der Waals surface area contributed by atoms with E-state index in [0.717, 1.165) is 40.1 Å². The number of fused-ring (bicyclic) bond motifs is 1. The fourth-order valence-corrected chi connectivity index (χ4v) is 6.83. The quantitative estimate of drug-likeness (QED) is 0.387. The third-order valence-corrected chi connectivity index (χ3v) is 9.06. The molecule has 1 aliphatic heterocycles. The molecule has 0 fully saturated rings. The van der Waals surface area contributed by atoms with Gasteiger partial charge in [-0.05, 0) is 68.5 Å². The molecule has 2 unspecified atom stereocenters. The number of carboxylic acid groups (broad SMARTS) is 1. The lowest BCUT2D eigenvalue weighted by Crippen LogP contribution is -2.33. The average Bonchev–Trinajstić information content (AvgIpc) is 3.00. The highest BCUT2D eigenvalue weighted by Gasteiger charge is 2.30. The van der Waals surface area contributed by atoms with Gasteiger partial charge >= 0.3 is 5.97 Å². The first kappa shape index (κ1) is 27.8. The summed E-state index contributed by atoms with van der Waals surface area (Å²) in [4.78, 5) is 25.0. The fourth-order valence-electron chi connectivity index (χ4n) is 5.51. The monoisotopic (exact) mass is 536 g/mol. The predicted octanol–water partition coefficient (Wildman–Crippen LogP) is 5.46. The molecular formula is C30H36N2O5S. The lowest BCUT2D eigenvalue weighted by Gasteiger charge is -2.24. The normalized spacial score (nSPS) is 18.4. The number of hydrogen-bond acceptors (Lipinski definition) is 4. The maximum absolute atomic E-state index is 13.6. The van der Waals surface area contributed by atoms with Gasteiger partial charge in [0.2, 0.25) is 0 Å². The highest BCUT2D eigenvalue weighted by molar-refractivity contribution is 7.82. The summed E-state index contributed by atoms with van der Waals surface area (Å²) in [6.07, 6.45) is 0.587. The molecule has 1 aromatic heterocycles. The topological polar surface area (TPSA) is 88.8 Å². The van der Waals surface area contributed by atoms with Crippen molar-refractivity contribution < 1.29 is 23.6 Å². The van der Waals surface area contributed by atoms with Gasteiger partial charge < -0.3 is 14.4 Å². The van der Waals surface area contributed by atoms with E-state index >= 15 is 0 Å². The zero-order valence-electron chi connectivity index (χ0n) is 22.9. The second kappa shape index (κ2) is 11.3. The van der Waals surface area contributed by atoms with Crippen molar-refractivity contribution in [1.82, 2.24) is 8.87 Å². The van der Waals surface area contributed by atoms with E-state index in [1.165, 1.54) is 0 Å². The summed E-state index contributed by atoms with van der Waals surface area (Å²) in [5, 5.41) is 9.84. The number of aryl methyl sites for hydroxylation is 1. The van der Waals surface area contributed by atoms with Crippen molar-refractivity contribution in [3.63, 3.8) is 0 Å². The molecule has 0 saturated carbocycles. The predicted molar refractivity (Wildman–Crippen MR) is 148 cm³/mol.